The van der Waals surface area contributed by atoms with Gasteiger partial charge >= 0.3 is 0 Å². The summed E-state index contributed by atoms with van der Waals surface area (Å²) in [4.78, 5) is 20.9. The minimum Gasteiger partial charge on any atom is -0.341 e. The fourth-order valence-corrected chi connectivity index (χ4v) is 5.44. The van der Waals surface area contributed by atoms with Crippen LogP contribution in [-0.4, -0.2) is 71.8 Å². The van der Waals surface area contributed by atoms with Gasteiger partial charge in [0.25, 0.3) is 0 Å². The van der Waals surface area contributed by atoms with Crippen molar-refractivity contribution in [2.24, 2.45) is 0 Å². The molecule has 1 saturated heterocycles. The monoisotopic (exact) mass is 517 g/mol. The normalized spacial score (nSPS) is 15.3. The zero-order valence-electron chi connectivity index (χ0n) is 19.5. The number of nitrogens with zero attached hydrogens (tertiary/aromatic N) is 5. The molecule has 0 unspecified atom stereocenters. The summed E-state index contributed by atoms with van der Waals surface area (Å²) in [5.74, 6) is 0.955. The molecule has 1 aromatic heterocycles. The van der Waals surface area contributed by atoms with Crippen molar-refractivity contribution in [1.29, 1.82) is 0 Å². The fraction of sp³-hybridized carbons (Fsp3) is 0.375. The highest BCUT2D eigenvalue weighted by atomic mass is 35.5. The SMILES string of the molecule is CN(Cc1ccccc1)C(=O)CCc1nc(CN2CCN(S(=O)(=O)c3ccc(Cl)cc3)CC2)no1. The Balaban J connectivity index is 1.23. The van der Waals surface area contributed by atoms with Gasteiger partial charge in [0, 0.05) is 57.6 Å². The number of hydrogen-bond donors (Lipinski definition) is 0. The Hall–Kier alpha value is -2.79. The van der Waals surface area contributed by atoms with Crippen molar-refractivity contribution in [2.75, 3.05) is 33.2 Å². The molecule has 1 amide bonds. The van der Waals surface area contributed by atoms with Crippen molar-refractivity contribution in [3.63, 3.8) is 0 Å². The molecule has 0 saturated carbocycles. The van der Waals surface area contributed by atoms with Crippen LogP contribution in [0, 0.1) is 0 Å². The number of carbonyl (C=O) groups is 1. The summed E-state index contributed by atoms with van der Waals surface area (Å²) in [7, 11) is -1.77. The number of benzene rings is 2. The third-order valence-electron chi connectivity index (χ3n) is 5.90. The average Bonchev–Trinajstić information content (AvgIpc) is 3.31. The summed E-state index contributed by atoms with van der Waals surface area (Å²) in [5.41, 5.74) is 1.07. The molecule has 1 aliphatic rings. The lowest BCUT2D eigenvalue weighted by Crippen LogP contribution is -2.48. The minimum atomic E-state index is -3.55. The van der Waals surface area contributed by atoms with Gasteiger partial charge in [-0.3, -0.25) is 9.69 Å². The zero-order valence-corrected chi connectivity index (χ0v) is 21.1. The topological polar surface area (TPSA) is 99.9 Å². The highest BCUT2D eigenvalue weighted by Gasteiger charge is 2.29. The summed E-state index contributed by atoms with van der Waals surface area (Å²) in [6, 6.07) is 16.0. The van der Waals surface area contributed by atoms with Gasteiger partial charge in [0.05, 0.1) is 11.4 Å². The third-order valence-corrected chi connectivity index (χ3v) is 8.06. The maximum Gasteiger partial charge on any atom is 0.243 e. The largest absolute Gasteiger partial charge is 0.341 e. The van der Waals surface area contributed by atoms with Gasteiger partial charge < -0.3 is 9.42 Å². The number of piperazine rings is 1. The molecule has 0 radical (unpaired) electrons. The summed E-state index contributed by atoms with van der Waals surface area (Å²) in [6.07, 6.45) is 0.657. The minimum absolute atomic E-state index is 0.00613. The number of sulfonamides is 1. The number of hydrogen-bond acceptors (Lipinski definition) is 7. The van der Waals surface area contributed by atoms with Gasteiger partial charge in [-0.15, -0.1) is 0 Å². The summed E-state index contributed by atoms with van der Waals surface area (Å²) >= 11 is 5.87. The van der Waals surface area contributed by atoms with Crippen molar-refractivity contribution in [3.8, 4) is 0 Å². The molecule has 2 aromatic carbocycles. The second-order valence-electron chi connectivity index (χ2n) is 8.47. The van der Waals surface area contributed by atoms with Crippen LogP contribution in [-0.2, 0) is 34.3 Å². The van der Waals surface area contributed by atoms with Gasteiger partial charge in [0.1, 0.15) is 0 Å². The average molecular weight is 518 g/mol. The Bertz CT molecular complexity index is 1230. The van der Waals surface area contributed by atoms with Crippen LogP contribution >= 0.6 is 11.6 Å². The standard InChI is InChI=1S/C24H28ClN5O4S/c1-28(17-19-5-3-2-4-6-19)24(31)12-11-23-26-22(27-34-23)18-29-13-15-30(16-14-29)35(32,33)21-9-7-20(25)8-10-21/h2-10H,11-18H2,1H3. The first-order valence-electron chi connectivity index (χ1n) is 11.4. The van der Waals surface area contributed by atoms with Crippen molar-refractivity contribution < 1.29 is 17.7 Å². The Kier molecular flexibility index (Phi) is 8.17. The first-order chi connectivity index (χ1) is 16.8. The van der Waals surface area contributed by atoms with Gasteiger partial charge in [-0.2, -0.15) is 9.29 Å². The number of halogens is 1. The smallest absolute Gasteiger partial charge is 0.243 e. The maximum absolute atomic E-state index is 12.8. The lowest BCUT2D eigenvalue weighted by atomic mass is 10.2. The van der Waals surface area contributed by atoms with Crippen molar-refractivity contribution >= 4 is 27.5 Å². The summed E-state index contributed by atoms with van der Waals surface area (Å²) in [5, 5.41) is 4.52. The van der Waals surface area contributed by atoms with Crippen LogP contribution < -0.4 is 0 Å². The van der Waals surface area contributed by atoms with E-state index in [1.54, 1.807) is 24.1 Å². The summed E-state index contributed by atoms with van der Waals surface area (Å²) < 4.78 is 32.5. The number of rotatable bonds is 9. The molecule has 0 N–H and O–H groups in total. The van der Waals surface area contributed by atoms with Crippen LogP contribution in [0.15, 0.2) is 64.0 Å². The van der Waals surface area contributed by atoms with E-state index < -0.39 is 10.0 Å². The van der Waals surface area contributed by atoms with E-state index in [9.17, 15) is 13.2 Å². The Morgan fingerprint density at radius 3 is 2.43 bits per heavy atom. The molecule has 186 valence electrons. The number of aromatic nitrogens is 2. The molecule has 2 heterocycles. The molecule has 0 bridgehead atoms. The molecule has 35 heavy (non-hydrogen) atoms. The molecule has 0 aliphatic carbocycles. The molecule has 1 fully saturated rings. The second-order valence-corrected chi connectivity index (χ2v) is 10.8. The van der Waals surface area contributed by atoms with E-state index in [1.165, 1.54) is 16.4 Å². The van der Waals surface area contributed by atoms with Gasteiger partial charge in [0.15, 0.2) is 5.82 Å². The molecule has 1 aliphatic heterocycles. The van der Waals surface area contributed by atoms with Gasteiger partial charge in [-0.25, -0.2) is 8.42 Å². The third kappa shape index (κ3) is 6.66. The number of amides is 1. The zero-order chi connectivity index (χ0) is 24.8. The van der Waals surface area contributed by atoms with Gasteiger partial charge in [-0.05, 0) is 29.8 Å². The first kappa shape index (κ1) is 25.3. The van der Waals surface area contributed by atoms with Gasteiger partial charge in [0.2, 0.25) is 21.8 Å². The predicted molar refractivity (Wildman–Crippen MR) is 131 cm³/mol. The highest BCUT2D eigenvalue weighted by Crippen LogP contribution is 2.20. The van der Waals surface area contributed by atoms with Crippen LogP contribution in [0.5, 0.6) is 0 Å². The Morgan fingerprint density at radius 2 is 1.74 bits per heavy atom. The van der Waals surface area contributed by atoms with E-state index in [0.717, 1.165) is 5.56 Å². The molecule has 4 rings (SSSR count). The molecular formula is C24H28ClN5O4S. The van der Waals surface area contributed by atoms with Crippen LogP contribution in [0.4, 0.5) is 0 Å². The Morgan fingerprint density at radius 1 is 1.06 bits per heavy atom. The van der Waals surface area contributed by atoms with E-state index in [2.05, 4.69) is 15.0 Å². The van der Waals surface area contributed by atoms with Crippen LogP contribution in [0.25, 0.3) is 0 Å². The molecule has 11 heteroatoms. The van der Waals surface area contributed by atoms with E-state index >= 15 is 0 Å². The first-order valence-corrected chi connectivity index (χ1v) is 13.2. The van der Waals surface area contributed by atoms with E-state index in [4.69, 9.17) is 16.1 Å². The highest BCUT2D eigenvalue weighted by molar-refractivity contribution is 7.89. The summed E-state index contributed by atoms with van der Waals surface area (Å²) in [6.45, 7) is 2.86. The quantitative estimate of drug-likeness (QED) is 0.430. The van der Waals surface area contributed by atoms with E-state index in [0.29, 0.717) is 62.4 Å². The van der Waals surface area contributed by atoms with E-state index in [-0.39, 0.29) is 17.2 Å². The Labute approximate surface area is 210 Å². The van der Waals surface area contributed by atoms with Gasteiger partial charge in [-0.1, -0.05) is 47.1 Å². The maximum atomic E-state index is 12.8. The van der Waals surface area contributed by atoms with Crippen molar-refractivity contribution in [1.82, 2.24) is 24.2 Å². The van der Waals surface area contributed by atoms with Crippen molar-refractivity contribution in [3.05, 3.63) is 76.9 Å². The second kappa shape index (κ2) is 11.3. The van der Waals surface area contributed by atoms with Crippen molar-refractivity contribution in [2.45, 2.75) is 30.8 Å². The number of carbonyl (C=O) groups excluding carboxylic acids is 1. The van der Waals surface area contributed by atoms with E-state index in [1.807, 2.05) is 30.3 Å². The van der Waals surface area contributed by atoms with Crippen LogP contribution in [0.1, 0.15) is 23.7 Å². The molecule has 9 nitrogen and oxygen atoms in total. The molecule has 3 aromatic rings. The number of aryl methyl sites for hydroxylation is 1. The molecule has 0 atom stereocenters. The molecular weight excluding hydrogens is 490 g/mol. The lowest BCUT2D eigenvalue weighted by molar-refractivity contribution is -0.130. The molecule has 0 spiro atoms. The predicted octanol–water partition coefficient (Wildman–Crippen LogP) is 2.82. The van der Waals surface area contributed by atoms with Crippen LogP contribution in [0.2, 0.25) is 5.02 Å². The van der Waals surface area contributed by atoms with Crippen LogP contribution in [0.3, 0.4) is 0 Å². The lowest BCUT2D eigenvalue weighted by Gasteiger charge is -2.33. The fourth-order valence-electron chi connectivity index (χ4n) is 3.89.